The molecule has 0 aliphatic carbocycles. The third-order valence-corrected chi connectivity index (χ3v) is 2.91. The maximum atomic E-state index is 11.8. The van der Waals surface area contributed by atoms with E-state index < -0.39 is 11.7 Å². The average Bonchev–Trinajstić information content (AvgIpc) is 2.37. The Balaban J connectivity index is 2.25. The van der Waals surface area contributed by atoms with Crippen molar-refractivity contribution in [3.05, 3.63) is 40.8 Å². The van der Waals surface area contributed by atoms with Crippen molar-refractivity contribution in [2.24, 2.45) is 11.7 Å². The normalized spacial score (nSPS) is 12.6. The highest BCUT2D eigenvalue weighted by atomic mass is 16.4. The molecular formula is C14H16N2O3. The van der Waals surface area contributed by atoms with Crippen LogP contribution in [0.5, 0.6) is 0 Å². The van der Waals surface area contributed by atoms with Crippen LogP contribution in [0.2, 0.25) is 0 Å². The lowest BCUT2D eigenvalue weighted by atomic mass is 10.0. The monoisotopic (exact) mass is 260 g/mol. The van der Waals surface area contributed by atoms with Gasteiger partial charge in [0.2, 0.25) is 5.91 Å². The zero-order valence-electron chi connectivity index (χ0n) is 10.8. The van der Waals surface area contributed by atoms with Crippen molar-refractivity contribution in [3.63, 3.8) is 0 Å². The topological polar surface area (TPSA) is 85.3 Å². The molecule has 0 fully saturated rings. The largest absolute Gasteiger partial charge is 0.423 e. The zero-order chi connectivity index (χ0) is 14.0. The molecule has 0 saturated carbocycles. The van der Waals surface area contributed by atoms with Crippen molar-refractivity contribution in [2.45, 2.75) is 19.9 Å². The molecule has 1 atom stereocenters. The SMILES string of the molecule is CC(C)[C@H](N)C(=O)Nc1ccc2oc(=O)ccc2c1. The number of carbonyl (C=O) groups excluding carboxylic acids is 1. The molecule has 0 spiro atoms. The predicted molar refractivity (Wildman–Crippen MR) is 73.9 cm³/mol. The van der Waals surface area contributed by atoms with Gasteiger partial charge in [0, 0.05) is 17.1 Å². The summed E-state index contributed by atoms with van der Waals surface area (Å²) in [5.41, 5.74) is 6.48. The molecule has 0 aliphatic rings. The molecule has 0 bridgehead atoms. The lowest BCUT2D eigenvalue weighted by Gasteiger charge is -2.15. The van der Waals surface area contributed by atoms with E-state index in [1.165, 1.54) is 6.07 Å². The molecule has 0 unspecified atom stereocenters. The fraction of sp³-hybridized carbons (Fsp3) is 0.286. The van der Waals surface area contributed by atoms with Gasteiger partial charge in [-0.15, -0.1) is 0 Å². The maximum Gasteiger partial charge on any atom is 0.336 e. The third kappa shape index (κ3) is 3.00. The Morgan fingerprint density at radius 3 is 2.68 bits per heavy atom. The lowest BCUT2D eigenvalue weighted by molar-refractivity contribution is -0.118. The van der Waals surface area contributed by atoms with Crippen molar-refractivity contribution in [2.75, 3.05) is 5.32 Å². The van der Waals surface area contributed by atoms with E-state index >= 15 is 0 Å². The van der Waals surface area contributed by atoms with E-state index in [1.54, 1.807) is 24.3 Å². The summed E-state index contributed by atoms with van der Waals surface area (Å²) in [5, 5.41) is 3.49. The summed E-state index contributed by atoms with van der Waals surface area (Å²) in [6.45, 7) is 3.78. The molecule has 5 heteroatoms. The predicted octanol–water partition coefficient (Wildman–Crippen LogP) is 1.71. The summed E-state index contributed by atoms with van der Waals surface area (Å²) >= 11 is 0. The average molecular weight is 260 g/mol. The van der Waals surface area contributed by atoms with E-state index in [1.807, 2.05) is 13.8 Å². The van der Waals surface area contributed by atoms with E-state index in [0.717, 1.165) is 5.39 Å². The fourth-order valence-electron chi connectivity index (χ4n) is 1.68. The quantitative estimate of drug-likeness (QED) is 0.823. The summed E-state index contributed by atoms with van der Waals surface area (Å²) < 4.78 is 5.01. The molecule has 1 aromatic carbocycles. The fourth-order valence-corrected chi connectivity index (χ4v) is 1.68. The van der Waals surface area contributed by atoms with Crippen LogP contribution >= 0.6 is 0 Å². The van der Waals surface area contributed by atoms with Crippen LogP contribution in [0.1, 0.15) is 13.8 Å². The summed E-state index contributed by atoms with van der Waals surface area (Å²) in [4.78, 5) is 22.9. The zero-order valence-corrected chi connectivity index (χ0v) is 10.8. The first-order chi connectivity index (χ1) is 8.97. The number of fused-ring (bicyclic) bond motifs is 1. The van der Waals surface area contributed by atoms with E-state index in [-0.39, 0.29) is 11.8 Å². The minimum atomic E-state index is -0.551. The summed E-state index contributed by atoms with van der Waals surface area (Å²) in [7, 11) is 0. The molecule has 2 rings (SSSR count). The highest BCUT2D eigenvalue weighted by Crippen LogP contribution is 2.18. The molecule has 0 radical (unpaired) electrons. The molecule has 2 aromatic rings. The first-order valence-corrected chi connectivity index (χ1v) is 6.08. The van der Waals surface area contributed by atoms with E-state index in [2.05, 4.69) is 5.32 Å². The molecule has 3 N–H and O–H groups in total. The second kappa shape index (κ2) is 5.24. The van der Waals surface area contributed by atoms with Gasteiger partial charge in [-0.05, 0) is 30.2 Å². The smallest absolute Gasteiger partial charge is 0.336 e. The van der Waals surface area contributed by atoms with Crippen LogP contribution in [0.25, 0.3) is 11.0 Å². The molecule has 1 amide bonds. The Hall–Kier alpha value is -2.14. The highest BCUT2D eigenvalue weighted by molar-refractivity contribution is 5.96. The van der Waals surface area contributed by atoms with Gasteiger partial charge < -0.3 is 15.5 Å². The number of hydrogen-bond acceptors (Lipinski definition) is 4. The molecular weight excluding hydrogens is 244 g/mol. The van der Waals surface area contributed by atoms with Gasteiger partial charge in [0.05, 0.1) is 6.04 Å². The van der Waals surface area contributed by atoms with Gasteiger partial charge >= 0.3 is 5.63 Å². The number of anilines is 1. The minimum absolute atomic E-state index is 0.0680. The number of nitrogens with one attached hydrogen (secondary N) is 1. The van der Waals surface area contributed by atoms with E-state index in [9.17, 15) is 9.59 Å². The van der Waals surface area contributed by atoms with Gasteiger partial charge in [-0.1, -0.05) is 13.8 Å². The molecule has 1 aromatic heterocycles. The second-order valence-electron chi connectivity index (χ2n) is 4.77. The van der Waals surface area contributed by atoms with Crippen LogP contribution in [0.15, 0.2) is 39.5 Å². The molecule has 0 saturated heterocycles. The molecule has 100 valence electrons. The van der Waals surface area contributed by atoms with Gasteiger partial charge in [0.25, 0.3) is 0 Å². The Labute approximate surface area is 110 Å². The van der Waals surface area contributed by atoms with Gasteiger partial charge in [-0.25, -0.2) is 4.79 Å². The number of hydrogen-bond donors (Lipinski definition) is 2. The van der Waals surface area contributed by atoms with E-state index in [4.69, 9.17) is 10.2 Å². The van der Waals surface area contributed by atoms with Crippen LogP contribution < -0.4 is 16.7 Å². The lowest BCUT2D eigenvalue weighted by Crippen LogP contribution is -2.39. The summed E-state index contributed by atoms with van der Waals surface area (Å²) in [6.07, 6.45) is 0. The van der Waals surface area contributed by atoms with E-state index in [0.29, 0.717) is 11.3 Å². The molecule has 5 nitrogen and oxygen atoms in total. The Kier molecular flexibility index (Phi) is 3.66. The van der Waals surface area contributed by atoms with Gasteiger partial charge in [-0.3, -0.25) is 4.79 Å². The van der Waals surface area contributed by atoms with Crippen LogP contribution in [0, 0.1) is 5.92 Å². The molecule has 19 heavy (non-hydrogen) atoms. The number of rotatable bonds is 3. The third-order valence-electron chi connectivity index (χ3n) is 2.91. The van der Waals surface area contributed by atoms with Crippen molar-refractivity contribution in [3.8, 4) is 0 Å². The van der Waals surface area contributed by atoms with Crippen LogP contribution in [0.4, 0.5) is 5.69 Å². The second-order valence-corrected chi connectivity index (χ2v) is 4.77. The van der Waals surface area contributed by atoms with Gasteiger partial charge in [-0.2, -0.15) is 0 Å². The number of nitrogens with two attached hydrogens (primary N) is 1. The summed E-state index contributed by atoms with van der Waals surface area (Å²) in [5.74, 6) is -0.162. The van der Waals surface area contributed by atoms with Gasteiger partial charge in [0.1, 0.15) is 5.58 Å². The van der Waals surface area contributed by atoms with Crippen LogP contribution in [-0.4, -0.2) is 11.9 Å². The van der Waals surface area contributed by atoms with Gasteiger partial charge in [0.15, 0.2) is 0 Å². The Morgan fingerprint density at radius 1 is 1.26 bits per heavy atom. The Morgan fingerprint density at radius 2 is 2.00 bits per heavy atom. The highest BCUT2D eigenvalue weighted by Gasteiger charge is 2.17. The van der Waals surface area contributed by atoms with Crippen LogP contribution in [0.3, 0.4) is 0 Å². The first kappa shape index (κ1) is 13.3. The standard InChI is InChI=1S/C14H16N2O3/c1-8(2)13(15)14(18)16-10-4-5-11-9(7-10)3-6-12(17)19-11/h3-8,13H,15H2,1-2H3,(H,16,18)/t13-/m0/s1. The molecule has 0 aliphatic heterocycles. The number of amides is 1. The van der Waals surface area contributed by atoms with Crippen molar-refractivity contribution in [1.29, 1.82) is 0 Å². The summed E-state index contributed by atoms with van der Waals surface area (Å²) in [6, 6.07) is 7.50. The van der Waals surface area contributed by atoms with Crippen molar-refractivity contribution in [1.82, 2.24) is 0 Å². The maximum absolute atomic E-state index is 11.8. The van der Waals surface area contributed by atoms with Crippen molar-refractivity contribution < 1.29 is 9.21 Å². The number of benzene rings is 1. The molecule has 1 heterocycles. The van der Waals surface area contributed by atoms with Crippen LogP contribution in [-0.2, 0) is 4.79 Å². The first-order valence-electron chi connectivity index (χ1n) is 6.08. The minimum Gasteiger partial charge on any atom is -0.423 e. The van der Waals surface area contributed by atoms with Crippen molar-refractivity contribution >= 4 is 22.6 Å². The number of carbonyl (C=O) groups is 1. The Bertz CT molecular complexity index is 661.